The highest BCUT2D eigenvalue weighted by Gasteiger charge is 2.37. The number of hydrogen-bond donors (Lipinski definition) is 0. The molecule has 0 amide bonds. The molecule has 1 aromatic rings. The van der Waals surface area contributed by atoms with Crippen molar-refractivity contribution >= 4 is 10.0 Å². The van der Waals surface area contributed by atoms with Gasteiger partial charge in [-0.2, -0.15) is 9.40 Å². The van der Waals surface area contributed by atoms with Crippen LogP contribution < -0.4 is 0 Å². The van der Waals surface area contributed by atoms with Crippen LogP contribution in [0.4, 0.5) is 4.39 Å². The molecule has 1 aliphatic rings. The highest BCUT2D eigenvalue weighted by molar-refractivity contribution is 7.89. The first-order valence-electron chi connectivity index (χ1n) is 6.45. The molecule has 0 spiro atoms. The maximum atomic E-state index is 14.1. The Morgan fingerprint density at radius 1 is 1.47 bits per heavy atom. The Hall–Kier alpha value is -0.950. The van der Waals surface area contributed by atoms with Crippen LogP contribution in [0.2, 0.25) is 0 Å². The molecule has 0 unspecified atom stereocenters. The molecule has 0 aromatic carbocycles. The smallest absolute Gasteiger partial charge is 0.246 e. The van der Waals surface area contributed by atoms with Crippen molar-refractivity contribution in [1.29, 1.82) is 0 Å². The number of aromatic nitrogens is 2. The second kappa shape index (κ2) is 5.20. The average Bonchev–Trinajstić information content (AvgIpc) is 2.76. The van der Waals surface area contributed by atoms with E-state index in [1.165, 1.54) is 21.4 Å². The van der Waals surface area contributed by atoms with E-state index in [2.05, 4.69) is 5.10 Å². The number of hydrogen-bond acceptors (Lipinski definition) is 3. The zero-order valence-electron chi connectivity index (χ0n) is 11.5. The van der Waals surface area contributed by atoms with Crippen molar-refractivity contribution in [3.63, 3.8) is 0 Å². The normalized spacial score (nSPS) is 25.9. The molecule has 108 valence electrons. The van der Waals surface area contributed by atoms with E-state index in [0.29, 0.717) is 13.0 Å². The molecule has 0 saturated carbocycles. The van der Waals surface area contributed by atoms with Crippen LogP contribution in [0.25, 0.3) is 0 Å². The maximum absolute atomic E-state index is 14.1. The van der Waals surface area contributed by atoms with Crippen LogP contribution in [0.3, 0.4) is 0 Å². The van der Waals surface area contributed by atoms with Crippen LogP contribution in [0, 0.1) is 11.8 Å². The van der Waals surface area contributed by atoms with Crippen LogP contribution in [-0.2, 0) is 17.1 Å². The van der Waals surface area contributed by atoms with Gasteiger partial charge in [-0.25, -0.2) is 12.8 Å². The number of halogens is 1. The quantitative estimate of drug-likeness (QED) is 0.845. The van der Waals surface area contributed by atoms with Gasteiger partial charge in [0.1, 0.15) is 11.1 Å². The van der Waals surface area contributed by atoms with Crippen LogP contribution in [0.15, 0.2) is 17.3 Å². The lowest BCUT2D eigenvalue weighted by atomic mass is 9.86. The zero-order chi connectivity index (χ0) is 14.2. The lowest BCUT2D eigenvalue weighted by Gasteiger charge is -2.35. The fourth-order valence-corrected chi connectivity index (χ4v) is 3.99. The van der Waals surface area contributed by atoms with E-state index < -0.39 is 16.2 Å². The van der Waals surface area contributed by atoms with Gasteiger partial charge in [0.05, 0.1) is 6.20 Å². The van der Waals surface area contributed by atoms with E-state index in [9.17, 15) is 12.8 Å². The Labute approximate surface area is 113 Å². The maximum Gasteiger partial charge on any atom is 0.246 e. The number of piperidine rings is 1. The average molecular weight is 289 g/mol. The molecule has 1 aliphatic heterocycles. The highest BCUT2D eigenvalue weighted by atomic mass is 32.2. The second-order valence-electron chi connectivity index (χ2n) is 5.43. The molecule has 0 radical (unpaired) electrons. The fourth-order valence-electron chi connectivity index (χ4n) is 2.55. The molecule has 0 bridgehead atoms. The van der Waals surface area contributed by atoms with Crippen LogP contribution in [0.1, 0.15) is 20.3 Å². The first kappa shape index (κ1) is 14.5. The summed E-state index contributed by atoms with van der Waals surface area (Å²) in [5.41, 5.74) is 0. The monoisotopic (exact) mass is 289 g/mol. The molecule has 0 N–H and O–H groups in total. The van der Waals surface area contributed by atoms with Gasteiger partial charge < -0.3 is 0 Å². The van der Waals surface area contributed by atoms with Gasteiger partial charge in [0.2, 0.25) is 10.0 Å². The fraction of sp³-hybridized carbons (Fsp3) is 0.750. The van der Waals surface area contributed by atoms with Gasteiger partial charge in [0.15, 0.2) is 0 Å². The summed E-state index contributed by atoms with van der Waals surface area (Å²) in [5.74, 6) is 0.179. The van der Waals surface area contributed by atoms with Gasteiger partial charge in [0, 0.05) is 26.3 Å². The Morgan fingerprint density at radius 3 is 2.63 bits per heavy atom. The third kappa shape index (κ3) is 2.81. The summed E-state index contributed by atoms with van der Waals surface area (Å²) < 4.78 is 41.4. The molecular formula is C12H20FN3O2S. The molecule has 2 atom stereocenters. The van der Waals surface area contributed by atoms with Gasteiger partial charge >= 0.3 is 0 Å². The minimum atomic E-state index is -3.61. The molecule has 5 nitrogen and oxygen atoms in total. The predicted molar refractivity (Wildman–Crippen MR) is 69.8 cm³/mol. The van der Waals surface area contributed by atoms with Crippen LogP contribution in [-0.4, -0.2) is 41.8 Å². The van der Waals surface area contributed by atoms with Crippen LogP contribution in [0.5, 0.6) is 0 Å². The second-order valence-corrected chi connectivity index (χ2v) is 7.36. The number of sulfonamides is 1. The SMILES string of the molecule is CC(C)[C@H]1CCN(S(=O)(=O)c2cnn(C)c2)C[C@H]1F. The Balaban J connectivity index is 2.16. The number of alkyl halides is 1. The molecule has 1 fully saturated rings. The largest absolute Gasteiger partial charge is 0.274 e. The van der Waals surface area contributed by atoms with E-state index in [-0.39, 0.29) is 23.3 Å². The first-order chi connectivity index (χ1) is 8.82. The molecule has 2 heterocycles. The number of nitrogens with zero attached hydrogens (tertiary/aromatic N) is 3. The van der Waals surface area contributed by atoms with Crippen molar-refractivity contribution in [1.82, 2.24) is 14.1 Å². The van der Waals surface area contributed by atoms with Gasteiger partial charge in [-0.1, -0.05) is 13.8 Å². The van der Waals surface area contributed by atoms with E-state index in [0.717, 1.165) is 0 Å². The Kier molecular flexibility index (Phi) is 3.96. The Bertz CT molecular complexity index is 541. The summed E-state index contributed by atoms with van der Waals surface area (Å²) >= 11 is 0. The van der Waals surface area contributed by atoms with Gasteiger partial charge in [-0.15, -0.1) is 0 Å². The minimum Gasteiger partial charge on any atom is -0.274 e. The van der Waals surface area contributed by atoms with Crippen molar-refractivity contribution in [3.8, 4) is 0 Å². The topological polar surface area (TPSA) is 55.2 Å². The minimum absolute atomic E-state index is 0.0552. The lowest BCUT2D eigenvalue weighted by molar-refractivity contribution is 0.101. The van der Waals surface area contributed by atoms with E-state index in [1.54, 1.807) is 7.05 Å². The van der Waals surface area contributed by atoms with E-state index >= 15 is 0 Å². The molecule has 2 rings (SSSR count). The lowest BCUT2D eigenvalue weighted by Crippen LogP contribution is -2.46. The summed E-state index contributed by atoms with van der Waals surface area (Å²) in [6.07, 6.45) is 2.22. The summed E-state index contributed by atoms with van der Waals surface area (Å²) in [4.78, 5) is 0.130. The summed E-state index contributed by atoms with van der Waals surface area (Å²) in [5, 5.41) is 3.86. The molecule has 7 heteroatoms. The van der Waals surface area contributed by atoms with E-state index in [1.807, 2.05) is 13.8 Å². The first-order valence-corrected chi connectivity index (χ1v) is 7.89. The number of rotatable bonds is 3. The van der Waals surface area contributed by atoms with Crippen molar-refractivity contribution < 1.29 is 12.8 Å². The van der Waals surface area contributed by atoms with Crippen molar-refractivity contribution in [3.05, 3.63) is 12.4 Å². The third-order valence-electron chi connectivity index (χ3n) is 3.73. The summed E-state index contributed by atoms with van der Waals surface area (Å²) in [6.45, 7) is 4.27. The predicted octanol–water partition coefficient (Wildman–Crippen LogP) is 1.42. The summed E-state index contributed by atoms with van der Waals surface area (Å²) in [7, 11) is -1.96. The zero-order valence-corrected chi connectivity index (χ0v) is 12.3. The van der Waals surface area contributed by atoms with E-state index in [4.69, 9.17) is 0 Å². The standard InChI is InChI=1S/C12H20FN3O2S/c1-9(2)11-4-5-16(8-12(11)13)19(17,18)10-6-14-15(3)7-10/h6-7,9,11-12H,4-5,8H2,1-3H3/t11-,12-/m1/s1. The van der Waals surface area contributed by atoms with Gasteiger partial charge in [-0.05, 0) is 18.3 Å². The third-order valence-corrected chi connectivity index (χ3v) is 5.55. The van der Waals surface area contributed by atoms with Crippen LogP contribution >= 0.6 is 0 Å². The molecule has 1 saturated heterocycles. The Morgan fingerprint density at radius 2 is 2.16 bits per heavy atom. The molecular weight excluding hydrogens is 269 g/mol. The number of aryl methyl sites for hydroxylation is 1. The molecule has 19 heavy (non-hydrogen) atoms. The van der Waals surface area contributed by atoms with Crippen molar-refractivity contribution in [2.24, 2.45) is 18.9 Å². The molecule has 1 aromatic heterocycles. The van der Waals surface area contributed by atoms with Gasteiger partial charge in [0.25, 0.3) is 0 Å². The van der Waals surface area contributed by atoms with Gasteiger partial charge in [-0.3, -0.25) is 4.68 Å². The summed E-state index contributed by atoms with van der Waals surface area (Å²) in [6, 6.07) is 0. The highest BCUT2D eigenvalue weighted by Crippen LogP contribution is 2.30. The van der Waals surface area contributed by atoms with Crippen molar-refractivity contribution in [2.45, 2.75) is 31.3 Å². The molecule has 0 aliphatic carbocycles. The van der Waals surface area contributed by atoms with Crippen molar-refractivity contribution in [2.75, 3.05) is 13.1 Å².